The number of halogens is 2. The van der Waals surface area contributed by atoms with Crippen LogP contribution in [0.25, 0.3) is 0 Å². The number of nitrogens with one attached hydrogen (secondary N) is 1. The van der Waals surface area contributed by atoms with Crippen molar-refractivity contribution in [2.24, 2.45) is 0 Å². The van der Waals surface area contributed by atoms with Crippen molar-refractivity contribution in [3.8, 4) is 0 Å². The first kappa shape index (κ1) is 9.65. The summed E-state index contributed by atoms with van der Waals surface area (Å²) in [6, 6.07) is 0. The van der Waals surface area contributed by atoms with Crippen LogP contribution < -0.4 is 5.32 Å². The number of carbonyl (C=O) groups is 1. The zero-order chi connectivity index (χ0) is 6.91. The average molecular weight is 170 g/mol. The maximum Gasteiger partial charge on any atom is 0.342 e. The molecule has 0 aromatic heterocycles. The molecule has 0 aliphatic carbocycles. The second-order valence-electron chi connectivity index (χ2n) is 2.20. The number of carboxylic acid groups (broad SMARTS) is 1. The van der Waals surface area contributed by atoms with Gasteiger partial charge in [-0.25, -0.2) is 9.18 Å². The number of hydrogen-bond acceptors (Lipinski definition) is 2. The van der Waals surface area contributed by atoms with E-state index in [4.69, 9.17) is 5.11 Å². The lowest BCUT2D eigenvalue weighted by Gasteiger charge is -2.09. The Hall–Kier alpha value is -0.350. The third-order valence-corrected chi connectivity index (χ3v) is 1.49. The summed E-state index contributed by atoms with van der Waals surface area (Å²) >= 11 is 0. The summed E-state index contributed by atoms with van der Waals surface area (Å²) in [5.74, 6) is -1.35. The van der Waals surface area contributed by atoms with E-state index in [9.17, 15) is 9.18 Å². The fourth-order valence-electron chi connectivity index (χ4n) is 0.844. The van der Waals surface area contributed by atoms with Crippen molar-refractivity contribution < 1.29 is 14.3 Å². The average Bonchev–Trinajstić information content (AvgIpc) is 2.16. The molecule has 2 N–H and O–H groups in total. The van der Waals surface area contributed by atoms with Crippen LogP contribution in [0.3, 0.4) is 0 Å². The zero-order valence-electron chi connectivity index (χ0n) is 5.26. The van der Waals surface area contributed by atoms with Gasteiger partial charge in [-0.15, -0.1) is 12.4 Å². The molecule has 0 spiro atoms. The zero-order valence-corrected chi connectivity index (χ0v) is 6.08. The Kier molecular flexibility index (Phi) is 3.05. The Labute approximate surface area is 64.0 Å². The van der Waals surface area contributed by atoms with E-state index in [0.717, 1.165) is 0 Å². The highest BCUT2D eigenvalue weighted by Crippen LogP contribution is 2.19. The topological polar surface area (TPSA) is 49.3 Å². The molecule has 1 fully saturated rings. The molecule has 1 aliphatic heterocycles. The monoisotopic (exact) mass is 169 g/mol. The van der Waals surface area contributed by atoms with Crippen LogP contribution in [0.4, 0.5) is 4.39 Å². The highest BCUT2D eigenvalue weighted by atomic mass is 35.5. The Morgan fingerprint density at radius 1 is 1.70 bits per heavy atom. The van der Waals surface area contributed by atoms with Crippen molar-refractivity contribution in [1.82, 2.24) is 5.32 Å². The lowest BCUT2D eigenvalue weighted by Crippen LogP contribution is -2.35. The molecular formula is C5H9ClFNO2. The minimum Gasteiger partial charge on any atom is -0.479 e. The van der Waals surface area contributed by atoms with Crippen LogP contribution in [0.1, 0.15) is 6.42 Å². The van der Waals surface area contributed by atoms with Crippen LogP contribution in [0.2, 0.25) is 0 Å². The van der Waals surface area contributed by atoms with Crippen LogP contribution in [0.5, 0.6) is 0 Å². The minimum absolute atomic E-state index is 0. The van der Waals surface area contributed by atoms with Gasteiger partial charge in [-0.1, -0.05) is 0 Å². The fraction of sp³-hybridized carbons (Fsp3) is 0.800. The molecule has 0 aromatic rings. The lowest BCUT2D eigenvalue weighted by molar-refractivity contribution is -0.149. The van der Waals surface area contributed by atoms with Crippen LogP contribution >= 0.6 is 12.4 Å². The molecule has 0 radical (unpaired) electrons. The molecule has 0 bridgehead atoms. The minimum atomic E-state index is -2.00. The van der Waals surface area contributed by atoms with Crippen molar-refractivity contribution >= 4 is 18.4 Å². The summed E-state index contributed by atoms with van der Waals surface area (Å²) in [6.07, 6.45) is 0.0856. The molecule has 0 aromatic carbocycles. The molecule has 0 saturated carbocycles. The van der Waals surface area contributed by atoms with Gasteiger partial charge in [0.25, 0.3) is 0 Å². The van der Waals surface area contributed by atoms with Crippen LogP contribution in [0.15, 0.2) is 0 Å². The van der Waals surface area contributed by atoms with Gasteiger partial charge in [0.05, 0.1) is 0 Å². The van der Waals surface area contributed by atoms with E-state index >= 15 is 0 Å². The van der Waals surface area contributed by atoms with E-state index in [-0.39, 0.29) is 25.4 Å². The van der Waals surface area contributed by atoms with E-state index in [1.807, 2.05) is 0 Å². The predicted octanol–water partition coefficient (Wildman–Crippen LogP) is 0.194. The van der Waals surface area contributed by atoms with E-state index in [2.05, 4.69) is 5.32 Å². The van der Waals surface area contributed by atoms with Gasteiger partial charge >= 0.3 is 5.97 Å². The normalized spacial score (nSPS) is 31.3. The first-order valence-electron chi connectivity index (χ1n) is 2.78. The standard InChI is InChI=1S/C5H8FNO2.ClH/c6-5(4(8)9)1-2-7-3-5;/h7H,1-3H2,(H,8,9);1H. The highest BCUT2D eigenvalue weighted by molar-refractivity contribution is 5.85. The Balaban J connectivity index is 0.000000810. The number of aliphatic carboxylic acids is 1. The van der Waals surface area contributed by atoms with E-state index < -0.39 is 11.6 Å². The molecule has 1 unspecified atom stereocenters. The summed E-state index contributed by atoms with van der Waals surface area (Å²) in [6.45, 7) is 0.408. The molecule has 10 heavy (non-hydrogen) atoms. The fourth-order valence-corrected chi connectivity index (χ4v) is 0.844. The third-order valence-electron chi connectivity index (χ3n) is 1.49. The van der Waals surface area contributed by atoms with Crippen molar-refractivity contribution in [3.05, 3.63) is 0 Å². The van der Waals surface area contributed by atoms with Crippen LogP contribution in [-0.4, -0.2) is 29.8 Å². The molecule has 0 amide bonds. The first-order valence-corrected chi connectivity index (χ1v) is 2.78. The van der Waals surface area contributed by atoms with E-state index in [0.29, 0.717) is 6.54 Å². The summed E-state index contributed by atoms with van der Waals surface area (Å²) in [5.41, 5.74) is -2.00. The van der Waals surface area contributed by atoms with Crippen LogP contribution in [-0.2, 0) is 4.79 Å². The Morgan fingerprint density at radius 3 is 2.50 bits per heavy atom. The van der Waals surface area contributed by atoms with E-state index in [1.54, 1.807) is 0 Å². The van der Waals surface area contributed by atoms with Crippen molar-refractivity contribution in [2.45, 2.75) is 12.1 Å². The summed E-state index contributed by atoms with van der Waals surface area (Å²) in [7, 11) is 0. The van der Waals surface area contributed by atoms with Crippen molar-refractivity contribution in [2.75, 3.05) is 13.1 Å². The molecule has 5 heteroatoms. The van der Waals surface area contributed by atoms with Gasteiger partial charge in [0, 0.05) is 13.0 Å². The largest absolute Gasteiger partial charge is 0.479 e. The first-order chi connectivity index (χ1) is 4.15. The van der Waals surface area contributed by atoms with Gasteiger partial charge in [-0.05, 0) is 6.54 Å². The van der Waals surface area contributed by atoms with Gasteiger partial charge in [0.15, 0.2) is 0 Å². The van der Waals surface area contributed by atoms with Crippen LogP contribution in [0, 0.1) is 0 Å². The maximum atomic E-state index is 12.8. The van der Waals surface area contributed by atoms with Gasteiger partial charge in [0.2, 0.25) is 5.67 Å². The quantitative estimate of drug-likeness (QED) is 0.590. The predicted molar refractivity (Wildman–Crippen MR) is 36.2 cm³/mol. The summed E-state index contributed by atoms with van der Waals surface area (Å²) in [5, 5.41) is 10.9. The van der Waals surface area contributed by atoms with Crippen molar-refractivity contribution in [3.63, 3.8) is 0 Å². The molecule has 3 nitrogen and oxygen atoms in total. The Bertz CT molecular complexity index is 136. The Morgan fingerprint density at radius 2 is 2.30 bits per heavy atom. The molecule has 60 valence electrons. The SMILES string of the molecule is Cl.O=C(O)C1(F)CCNC1. The van der Waals surface area contributed by atoms with E-state index in [1.165, 1.54) is 0 Å². The lowest BCUT2D eigenvalue weighted by atomic mass is 10.1. The highest BCUT2D eigenvalue weighted by Gasteiger charge is 2.41. The molecular weight excluding hydrogens is 161 g/mol. The maximum absolute atomic E-state index is 12.8. The second kappa shape index (κ2) is 3.16. The van der Waals surface area contributed by atoms with Gasteiger partial charge in [0.1, 0.15) is 0 Å². The number of rotatable bonds is 1. The summed E-state index contributed by atoms with van der Waals surface area (Å²) in [4.78, 5) is 10.1. The number of carboxylic acids is 1. The number of hydrogen-bond donors (Lipinski definition) is 2. The number of alkyl halides is 1. The van der Waals surface area contributed by atoms with Gasteiger partial charge in [-0.2, -0.15) is 0 Å². The summed E-state index contributed by atoms with van der Waals surface area (Å²) < 4.78 is 12.8. The second-order valence-corrected chi connectivity index (χ2v) is 2.20. The molecule has 1 saturated heterocycles. The third kappa shape index (κ3) is 1.58. The van der Waals surface area contributed by atoms with Crippen molar-refractivity contribution in [1.29, 1.82) is 0 Å². The molecule has 1 rings (SSSR count). The smallest absolute Gasteiger partial charge is 0.342 e. The van der Waals surface area contributed by atoms with Gasteiger partial charge in [-0.3, -0.25) is 0 Å². The molecule has 1 heterocycles. The molecule has 1 atom stereocenters. The van der Waals surface area contributed by atoms with Gasteiger partial charge < -0.3 is 10.4 Å². The molecule has 1 aliphatic rings.